The van der Waals surface area contributed by atoms with E-state index in [2.05, 4.69) is 37.1 Å². The number of rotatable bonds is 1. The van der Waals surface area contributed by atoms with Gasteiger partial charge in [-0.05, 0) is 12.5 Å². The number of hydrogen-bond donors (Lipinski definition) is 0. The van der Waals surface area contributed by atoms with Crippen LogP contribution in [0.25, 0.3) is 0 Å². The largest absolute Gasteiger partial charge is 0.120 e. The van der Waals surface area contributed by atoms with Crippen molar-refractivity contribution in [2.24, 2.45) is 0 Å². The zero-order chi connectivity index (χ0) is 7.40. The minimum atomic E-state index is 0.736. The Labute approximate surface area is 61.9 Å². The molecule has 0 atom stereocenters. The second kappa shape index (κ2) is 3.08. The van der Waals surface area contributed by atoms with Crippen molar-refractivity contribution < 1.29 is 0 Å². The Morgan fingerprint density at radius 1 is 1.30 bits per heavy atom. The highest BCUT2D eigenvalue weighted by atomic mass is 13.9. The summed E-state index contributed by atoms with van der Waals surface area (Å²) >= 11 is 0. The molecule has 0 aliphatic rings. The number of terminal acetylenes is 1. The first-order valence-electron chi connectivity index (χ1n) is 3.32. The van der Waals surface area contributed by atoms with Crippen molar-refractivity contribution in [2.75, 3.05) is 0 Å². The van der Waals surface area contributed by atoms with E-state index in [0.717, 1.165) is 6.42 Å². The highest BCUT2D eigenvalue weighted by molar-refractivity contribution is 5.23. The molecule has 0 spiro atoms. The van der Waals surface area contributed by atoms with Crippen LogP contribution in [-0.2, 0) is 6.42 Å². The van der Waals surface area contributed by atoms with Gasteiger partial charge in [-0.3, -0.25) is 0 Å². The average Bonchev–Trinajstić information content (AvgIpc) is 1.95. The van der Waals surface area contributed by atoms with Gasteiger partial charge in [0.25, 0.3) is 0 Å². The molecule has 10 heavy (non-hydrogen) atoms. The minimum absolute atomic E-state index is 0.736. The molecule has 0 aliphatic carbocycles. The van der Waals surface area contributed by atoms with E-state index >= 15 is 0 Å². The normalized spacial score (nSPS) is 8.80. The average molecular weight is 130 g/mol. The van der Waals surface area contributed by atoms with Crippen LogP contribution in [-0.4, -0.2) is 0 Å². The minimum Gasteiger partial charge on any atom is -0.120 e. The van der Waals surface area contributed by atoms with Crippen molar-refractivity contribution in [3.63, 3.8) is 0 Å². The van der Waals surface area contributed by atoms with Crippen molar-refractivity contribution in [3.8, 4) is 12.3 Å². The molecule has 1 rings (SSSR count). The first-order chi connectivity index (χ1) is 4.83. The predicted molar refractivity (Wildman–Crippen MR) is 43.7 cm³/mol. The molecule has 0 aromatic heterocycles. The molecular weight excluding hydrogens is 120 g/mol. The summed E-state index contributed by atoms with van der Waals surface area (Å²) in [4.78, 5) is 0. The molecule has 0 fully saturated rings. The summed E-state index contributed by atoms with van der Waals surface area (Å²) in [6.45, 7) is 2.07. The van der Waals surface area contributed by atoms with Crippen LogP contribution < -0.4 is 0 Å². The lowest BCUT2D eigenvalue weighted by atomic mass is 10.1. The summed E-state index contributed by atoms with van der Waals surface area (Å²) in [6, 6.07) is 8.28. The van der Waals surface area contributed by atoms with E-state index in [0.29, 0.717) is 0 Å². The van der Waals surface area contributed by atoms with Gasteiger partial charge in [0.15, 0.2) is 0 Å². The lowest BCUT2D eigenvalue weighted by Crippen LogP contribution is -1.79. The molecule has 1 aromatic rings. The third kappa shape index (κ3) is 1.63. The number of benzene rings is 1. The van der Waals surface area contributed by atoms with Crippen LogP contribution in [0.1, 0.15) is 11.1 Å². The van der Waals surface area contributed by atoms with Crippen LogP contribution in [0.4, 0.5) is 0 Å². The van der Waals surface area contributed by atoms with Crippen molar-refractivity contribution in [1.29, 1.82) is 0 Å². The van der Waals surface area contributed by atoms with Crippen LogP contribution in [0.3, 0.4) is 0 Å². The first kappa shape index (κ1) is 6.89. The van der Waals surface area contributed by atoms with E-state index in [1.54, 1.807) is 0 Å². The summed E-state index contributed by atoms with van der Waals surface area (Å²) in [5.74, 6) is 2.60. The summed E-state index contributed by atoms with van der Waals surface area (Å²) in [5.41, 5.74) is 2.49. The SMILES string of the molecule is C#CCc1ccc(C)cc1. The van der Waals surface area contributed by atoms with Gasteiger partial charge in [-0.15, -0.1) is 12.3 Å². The molecule has 0 radical (unpaired) electrons. The maximum Gasteiger partial charge on any atom is 0.0337 e. The Morgan fingerprint density at radius 3 is 2.40 bits per heavy atom. The van der Waals surface area contributed by atoms with Gasteiger partial charge in [-0.25, -0.2) is 0 Å². The topological polar surface area (TPSA) is 0 Å². The molecule has 0 saturated carbocycles. The highest BCUT2D eigenvalue weighted by Crippen LogP contribution is 2.02. The predicted octanol–water partition coefficient (Wildman–Crippen LogP) is 2.17. The van der Waals surface area contributed by atoms with Crippen molar-refractivity contribution in [3.05, 3.63) is 35.4 Å². The lowest BCUT2D eigenvalue weighted by Gasteiger charge is -1.94. The Balaban J connectivity index is 2.81. The fourth-order valence-corrected chi connectivity index (χ4v) is 0.824. The van der Waals surface area contributed by atoms with Crippen LogP contribution >= 0.6 is 0 Å². The fourth-order valence-electron chi connectivity index (χ4n) is 0.824. The number of hydrogen-bond acceptors (Lipinski definition) is 0. The summed E-state index contributed by atoms with van der Waals surface area (Å²) in [7, 11) is 0. The van der Waals surface area contributed by atoms with E-state index in [1.165, 1.54) is 11.1 Å². The molecule has 0 aliphatic heterocycles. The summed E-state index contributed by atoms with van der Waals surface area (Å²) < 4.78 is 0. The summed E-state index contributed by atoms with van der Waals surface area (Å²) in [5, 5.41) is 0. The molecule has 1 aromatic carbocycles. The highest BCUT2D eigenvalue weighted by Gasteiger charge is 1.86. The fraction of sp³-hybridized carbons (Fsp3) is 0.200. The van der Waals surface area contributed by atoms with Crippen molar-refractivity contribution in [2.45, 2.75) is 13.3 Å². The molecule has 50 valence electrons. The van der Waals surface area contributed by atoms with Gasteiger partial charge >= 0.3 is 0 Å². The van der Waals surface area contributed by atoms with Crippen molar-refractivity contribution in [1.82, 2.24) is 0 Å². The Kier molecular flexibility index (Phi) is 2.12. The van der Waals surface area contributed by atoms with E-state index in [1.807, 2.05) is 0 Å². The van der Waals surface area contributed by atoms with E-state index in [-0.39, 0.29) is 0 Å². The monoisotopic (exact) mass is 130 g/mol. The molecule has 0 nitrogen and oxygen atoms in total. The smallest absolute Gasteiger partial charge is 0.0337 e. The first-order valence-corrected chi connectivity index (χ1v) is 3.32. The Bertz CT molecular complexity index is 236. The van der Waals surface area contributed by atoms with E-state index in [9.17, 15) is 0 Å². The van der Waals surface area contributed by atoms with Crippen LogP contribution in [0.5, 0.6) is 0 Å². The molecule has 0 unspecified atom stereocenters. The van der Waals surface area contributed by atoms with Crippen LogP contribution in [0.2, 0.25) is 0 Å². The third-order valence-electron chi connectivity index (χ3n) is 1.43. The quantitative estimate of drug-likeness (QED) is 0.511. The second-order valence-electron chi connectivity index (χ2n) is 2.37. The molecule has 0 amide bonds. The van der Waals surface area contributed by atoms with E-state index < -0.39 is 0 Å². The Morgan fingerprint density at radius 2 is 1.90 bits per heavy atom. The van der Waals surface area contributed by atoms with Gasteiger partial charge in [0.05, 0.1) is 0 Å². The standard InChI is InChI=1S/C10H10/c1-3-4-10-7-5-9(2)6-8-10/h1,5-8H,4H2,2H3. The van der Waals surface area contributed by atoms with E-state index in [4.69, 9.17) is 6.42 Å². The molecule has 0 heteroatoms. The third-order valence-corrected chi connectivity index (χ3v) is 1.43. The summed E-state index contributed by atoms with van der Waals surface area (Å²) in [6.07, 6.45) is 5.88. The van der Waals surface area contributed by atoms with Gasteiger partial charge in [-0.2, -0.15) is 0 Å². The van der Waals surface area contributed by atoms with Gasteiger partial charge in [0.2, 0.25) is 0 Å². The molecule has 0 saturated heterocycles. The van der Waals surface area contributed by atoms with Gasteiger partial charge < -0.3 is 0 Å². The molecule has 0 bridgehead atoms. The molecular formula is C10H10. The van der Waals surface area contributed by atoms with Crippen LogP contribution in [0.15, 0.2) is 24.3 Å². The van der Waals surface area contributed by atoms with Gasteiger partial charge in [0.1, 0.15) is 0 Å². The van der Waals surface area contributed by atoms with Crippen LogP contribution in [0, 0.1) is 19.3 Å². The second-order valence-corrected chi connectivity index (χ2v) is 2.37. The maximum atomic E-state index is 5.15. The molecule has 0 N–H and O–H groups in total. The van der Waals surface area contributed by atoms with Crippen molar-refractivity contribution >= 4 is 0 Å². The zero-order valence-electron chi connectivity index (χ0n) is 6.09. The zero-order valence-corrected chi connectivity index (χ0v) is 6.09. The van der Waals surface area contributed by atoms with Gasteiger partial charge in [-0.1, -0.05) is 29.8 Å². The maximum absolute atomic E-state index is 5.15. The number of aryl methyl sites for hydroxylation is 1. The van der Waals surface area contributed by atoms with Gasteiger partial charge in [0, 0.05) is 6.42 Å². The Hall–Kier alpha value is -1.22. The lowest BCUT2D eigenvalue weighted by molar-refractivity contribution is 1.30. The molecule has 0 heterocycles.